The van der Waals surface area contributed by atoms with Gasteiger partial charge >= 0.3 is 17.1 Å². The van der Waals surface area contributed by atoms with Crippen LogP contribution < -0.4 is 0 Å². The fourth-order valence-electron chi connectivity index (χ4n) is 0. The van der Waals surface area contributed by atoms with Gasteiger partial charge in [0.25, 0.3) is 0 Å². The molecule has 0 unspecified atom stereocenters. The standard InChI is InChI=1S/C3H7.2C2H5.Fe/c1-3-2;2*1-2;/h1,3H2,2H3;2*1H2,2H3;/q3*-1;+3. The molecule has 0 saturated heterocycles. The molecular formula is C7H17Fe. The molecule has 0 aromatic heterocycles. The minimum atomic E-state index is 0. The van der Waals surface area contributed by atoms with Crippen molar-refractivity contribution in [2.75, 3.05) is 0 Å². The van der Waals surface area contributed by atoms with Gasteiger partial charge in [-0.05, 0) is 0 Å². The average Bonchev–Trinajstić information content (AvgIpc) is 1.78. The third kappa shape index (κ3) is 736. The maximum atomic E-state index is 3.49. The zero-order chi connectivity index (χ0) is 6.71. The van der Waals surface area contributed by atoms with Gasteiger partial charge in [0.15, 0.2) is 0 Å². The van der Waals surface area contributed by atoms with Crippen LogP contribution in [0.3, 0.4) is 0 Å². The van der Waals surface area contributed by atoms with Gasteiger partial charge in [0.05, 0.1) is 0 Å². The molecule has 0 spiro atoms. The maximum Gasteiger partial charge on any atom is 3.00 e. The molecule has 53 valence electrons. The molecule has 1 heteroatoms. The van der Waals surface area contributed by atoms with Crippen molar-refractivity contribution in [2.45, 2.75) is 27.2 Å². The zero-order valence-electron chi connectivity index (χ0n) is 6.18. The van der Waals surface area contributed by atoms with Crippen LogP contribution in [0, 0.1) is 20.8 Å². The molecule has 0 bridgehead atoms. The Morgan fingerprint density at radius 1 is 1.00 bits per heavy atom. The summed E-state index contributed by atoms with van der Waals surface area (Å²) in [5.41, 5.74) is 0. The molecule has 0 aromatic carbocycles. The van der Waals surface area contributed by atoms with Crippen molar-refractivity contribution in [3.63, 3.8) is 0 Å². The molecule has 0 fully saturated rings. The summed E-state index contributed by atoms with van der Waals surface area (Å²) in [6.07, 6.45) is 1.00. The molecule has 8 heavy (non-hydrogen) atoms. The molecule has 0 nitrogen and oxygen atoms in total. The average molecular weight is 157 g/mol. The molecule has 0 aromatic rings. The van der Waals surface area contributed by atoms with Gasteiger partial charge < -0.3 is 20.8 Å². The third-order valence-corrected chi connectivity index (χ3v) is 0. The van der Waals surface area contributed by atoms with E-state index in [1.165, 1.54) is 0 Å². The van der Waals surface area contributed by atoms with Crippen molar-refractivity contribution in [1.82, 2.24) is 0 Å². The summed E-state index contributed by atoms with van der Waals surface area (Å²) in [4.78, 5) is 0. The van der Waals surface area contributed by atoms with Gasteiger partial charge in [0.2, 0.25) is 0 Å². The first-order valence-electron chi connectivity index (χ1n) is 2.62. The topological polar surface area (TPSA) is 0 Å². The van der Waals surface area contributed by atoms with Crippen LogP contribution in [0.2, 0.25) is 0 Å². The van der Waals surface area contributed by atoms with Crippen molar-refractivity contribution in [1.29, 1.82) is 0 Å². The summed E-state index contributed by atoms with van der Waals surface area (Å²) < 4.78 is 0. The summed E-state index contributed by atoms with van der Waals surface area (Å²) in [7, 11) is 0. The fourth-order valence-corrected chi connectivity index (χ4v) is 0. The minimum Gasteiger partial charge on any atom is -0.346 e. The fraction of sp³-hybridized carbons (Fsp3) is 0.571. The Bertz CT molecular complexity index is 4.35. The van der Waals surface area contributed by atoms with Gasteiger partial charge in [-0.15, -0.1) is 0 Å². The van der Waals surface area contributed by atoms with Gasteiger partial charge in [-0.1, -0.05) is 6.92 Å². The number of rotatable bonds is 0. The first-order valence-corrected chi connectivity index (χ1v) is 2.62. The monoisotopic (exact) mass is 157 g/mol. The Morgan fingerprint density at radius 3 is 1.00 bits per heavy atom. The quantitative estimate of drug-likeness (QED) is 0.374. The van der Waals surface area contributed by atoms with E-state index >= 15 is 0 Å². The van der Waals surface area contributed by atoms with Crippen LogP contribution >= 0.6 is 0 Å². The van der Waals surface area contributed by atoms with E-state index in [-0.39, 0.29) is 17.1 Å². The Balaban J connectivity index is -0.0000000147. The predicted octanol–water partition coefficient (Wildman–Crippen LogP) is 2.91. The van der Waals surface area contributed by atoms with Crippen LogP contribution in [-0.4, -0.2) is 0 Å². The van der Waals surface area contributed by atoms with Crippen molar-refractivity contribution < 1.29 is 17.1 Å². The molecule has 0 aliphatic rings. The molecule has 0 heterocycles. The van der Waals surface area contributed by atoms with Gasteiger partial charge in [0, 0.05) is 0 Å². The SMILES string of the molecule is [CH2-]C.[CH2-]C.[CH2-]CC.[Fe+3]. The van der Waals surface area contributed by atoms with Crippen molar-refractivity contribution in [2.24, 2.45) is 0 Å². The molecule has 0 aliphatic heterocycles. The first-order chi connectivity index (χ1) is 3.41. The van der Waals surface area contributed by atoms with Crippen LogP contribution in [0.15, 0.2) is 0 Å². The zero-order valence-corrected chi connectivity index (χ0v) is 7.29. The predicted molar refractivity (Wildman–Crippen MR) is 37.7 cm³/mol. The molecule has 0 atom stereocenters. The van der Waals surface area contributed by atoms with Gasteiger partial charge in [-0.2, -0.15) is 20.3 Å². The van der Waals surface area contributed by atoms with Crippen LogP contribution in [0.5, 0.6) is 0 Å². The van der Waals surface area contributed by atoms with E-state index in [2.05, 4.69) is 20.8 Å². The second-order valence-corrected chi connectivity index (χ2v) is 0.500. The van der Waals surface area contributed by atoms with Crippen LogP contribution in [-0.2, 0) is 17.1 Å². The Morgan fingerprint density at radius 2 is 1.00 bits per heavy atom. The van der Waals surface area contributed by atoms with Crippen LogP contribution in [0.25, 0.3) is 0 Å². The van der Waals surface area contributed by atoms with Crippen molar-refractivity contribution in [3.05, 3.63) is 20.8 Å². The number of hydrogen-bond acceptors (Lipinski definition) is 0. The van der Waals surface area contributed by atoms with Crippen molar-refractivity contribution in [3.8, 4) is 0 Å². The van der Waals surface area contributed by atoms with Gasteiger partial charge in [0.1, 0.15) is 0 Å². The van der Waals surface area contributed by atoms with Crippen LogP contribution in [0.4, 0.5) is 0 Å². The summed E-state index contributed by atoms with van der Waals surface area (Å²) in [6, 6.07) is 0. The van der Waals surface area contributed by atoms with E-state index in [9.17, 15) is 0 Å². The van der Waals surface area contributed by atoms with E-state index < -0.39 is 0 Å². The molecule has 0 aliphatic carbocycles. The first kappa shape index (κ1) is 23.6. The summed E-state index contributed by atoms with van der Waals surface area (Å²) in [6.45, 7) is 15.5. The van der Waals surface area contributed by atoms with Gasteiger partial charge in [-0.25, -0.2) is 0 Å². The molecule has 0 rings (SSSR count). The molecule has 0 saturated carbocycles. The van der Waals surface area contributed by atoms with E-state index in [0.717, 1.165) is 6.42 Å². The maximum absolute atomic E-state index is 3.49. The summed E-state index contributed by atoms with van der Waals surface area (Å²) in [5.74, 6) is 0. The van der Waals surface area contributed by atoms with E-state index in [4.69, 9.17) is 0 Å². The Hall–Kier alpha value is 0.519. The van der Waals surface area contributed by atoms with E-state index in [1.54, 1.807) is 13.8 Å². The Labute approximate surface area is 65.5 Å². The Kier molecular flexibility index (Phi) is 408. The van der Waals surface area contributed by atoms with Gasteiger partial charge in [-0.3, -0.25) is 0 Å². The number of hydrogen-bond donors (Lipinski definition) is 0. The smallest absolute Gasteiger partial charge is 0.346 e. The summed E-state index contributed by atoms with van der Waals surface area (Å²) in [5, 5.41) is 0. The third-order valence-electron chi connectivity index (χ3n) is 0. The molecular weight excluding hydrogens is 140 g/mol. The molecule has 1 radical (unpaired) electrons. The second kappa shape index (κ2) is 138. The molecule has 0 amide bonds. The molecule has 0 N–H and O–H groups in total. The summed E-state index contributed by atoms with van der Waals surface area (Å²) >= 11 is 0. The normalized spacial score (nSPS) is 3.75. The largest absolute Gasteiger partial charge is 3.00 e. The van der Waals surface area contributed by atoms with E-state index in [0.29, 0.717) is 0 Å². The van der Waals surface area contributed by atoms with Crippen molar-refractivity contribution >= 4 is 0 Å². The minimum absolute atomic E-state index is 0. The van der Waals surface area contributed by atoms with Crippen LogP contribution in [0.1, 0.15) is 27.2 Å². The second-order valence-electron chi connectivity index (χ2n) is 0.500. The van der Waals surface area contributed by atoms with E-state index in [1.807, 2.05) is 6.92 Å².